The number of benzene rings is 1. The third kappa shape index (κ3) is 3.84. The number of aromatic nitrogens is 3. The largest absolute Gasteiger partial charge is 0.494 e. The van der Waals surface area contributed by atoms with E-state index in [0.29, 0.717) is 18.6 Å². The number of ether oxygens (including phenoxy) is 1. The fraction of sp³-hybridized carbons (Fsp3) is 0.478. The second kappa shape index (κ2) is 8.21. The minimum Gasteiger partial charge on any atom is -0.494 e. The first kappa shape index (κ1) is 20.2. The summed E-state index contributed by atoms with van der Waals surface area (Å²) in [6.45, 7) is 15.7. The van der Waals surface area contributed by atoms with E-state index in [1.54, 1.807) is 0 Å². The molecule has 5 heteroatoms. The van der Waals surface area contributed by atoms with Crippen LogP contribution in [0.3, 0.4) is 0 Å². The summed E-state index contributed by atoms with van der Waals surface area (Å²) < 4.78 is 7.88. The molecule has 28 heavy (non-hydrogen) atoms. The zero-order chi connectivity index (χ0) is 20.4. The predicted octanol–water partition coefficient (Wildman–Crippen LogP) is 5.59. The molecule has 0 amide bonds. The van der Waals surface area contributed by atoms with Crippen molar-refractivity contribution in [2.24, 2.45) is 5.92 Å². The number of aryl methyl sites for hydroxylation is 3. The van der Waals surface area contributed by atoms with Crippen molar-refractivity contribution in [1.82, 2.24) is 14.8 Å². The van der Waals surface area contributed by atoms with Crippen LogP contribution in [-0.4, -0.2) is 27.4 Å². The Morgan fingerprint density at radius 3 is 2.21 bits per heavy atom. The molecule has 1 atom stereocenters. The van der Waals surface area contributed by atoms with Crippen molar-refractivity contribution in [2.75, 3.05) is 11.9 Å². The van der Waals surface area contributed by atoms with Gasteiger partial charge in [0.1, 0.15) is 5.75 Å². The van der Waals surface area contributed by atoms with Gasteiger partial charge in [-0.3, -0.25) is 0 Å². The van der Waals surface area contributed by atoms with E-state index in [0.717, 1.165) is 34.8 Å². The predicted molar refractivity (Wildman–Crippen MR) is 117 cm³/mol. The van der Waals surface area contributed by atoms with E-state index in [1.807, 2.05) is 26.0 Å². The first-order chi connectivity index (χ1) is 13.3. The maximum absolute atomic E-state index is 5.59. The van der Waals surface area contributed by atoms with Gasteiger partial charge in [-0.05, 0) is 71.2 Å². The normalized spacial score (nSPS) is 12.6. The van der Waals surface area contributed by atoms with Crippen LogP contribution in [0.5, 0.6) is 5.75 Å². The summed E-state index contributed by atoms with van der Waals surface area (Å²) in [4.78, 5) is 0. The molecule has 0 aliphatic carbocycles. The highest BCUT2D eigenvalue weighted by Gasteiger charge is 2.20. The van der Waals surface area contributed by atoms with Crippen LogP contribution in [0, 0.1) is 26.7 Å². The quantitative estimate of drug-likeness (QED) is 0.580. The number of rotatable bonds is 7. The summed E-state index contributed by atoms with van der Waals surface area (Å²) in [5.41, 5.74) is 4.44. The number of anilines is 1. The van der Waals surface area contributed by atoms with E-state index in [-0.39, 0.29) is 0 Å². The number of nitrogens with one attached hydrogen (secondary N) is 1. The molecule has 3 rings (SSSR count). The lowest BCUT2D eigenvalue weighted by molar-refractivity contribution is 0.340. The first-order valence-corrected chi connectivity index (χ1v) is 10.2. The van der Waals surface area contributed by atoms with E-state index in [4.69, 9.17) is 4.74 Å². The molecule has 0 saturated carbocycles. The second-order valence-electron chi connectivity index (χ2n) is 7.99. The Labute approximate surface area is 168 Å². The van der Waals surface area contributed by atoms with Crippen LogP contribution in [-0.2, 0) is 0 Å². The van der Waals surface area contributed by atoms with Gasteiger partial charge in [0.2, 0.25) is 0 Å². The number of nitrogens with zero attached hydrogens (tertiary/aromatic N) is 3. The summed E-state index contributed by atoms with van der Waals surface area (Å²) >= 11 is 0. The highest BCUT2D eigenvalue weighted by molar-refractivity contribution is 5.98. The summed E-state index contributed by atoms with van der Waals surface area (Å²) in [7, 11) is 0. The lowest BCUT2D eigenvalue weighted by Crippen LogP contribution is -2.19. The maximum atomic E-state index is 5.59. The van der Waals surface area contributed by atoms with Gasteiger partial charge in [-0.15, -0.1) is 5.10 Å². The van der Waals surface area contributed by atoms with Crippen molar-refractivity contribution in [3.05, 3.63) is 41.3 Å². The Hall–Kier alpha value is -2.56. The lowest BCUT2D eigenvalue weighted by Gasteiger charge is -2.17. The van der Waals surface area contributed by atoms with Crippen molar-refractivity contribution in [3.63, 3.8) is 0 Å². The van der Waals surface area contributed by atoms with E-state index < -0.39 is 0 Å². The molecule has 2 aromatic heterocycles. The molecule has 0 aliphatic rings. The van der Waals surface area contributed by atoms with Crippen molar-refractivity contribution in [1.29, 1.82) is 0 Å². The van der Waals surface area contributed by atoms with Gasteiger partial charge >= 0.3 is 0 Å². The van der Waals surface area contributed by atoms with Gasteiger partial charge in [-0.25, -0.2) is 0 Å². The molecule has 0 radical (unpaired) electrons. The average molecular weight is 381 g/mol. The average Bonchev–Trinajstić information content (AvgIpc) is 2.90. The van der Waals surface area contributed by atoms with Crippen LogP contribution in [0.2, 0.25) is 0 Å². The van der Waals surface area contributed by atoms with Gasteiger partial charge in [-0.2, -0.15) is 5.10 Å². The monoisotopic (exact) mass is 380 g/mol. The Morgan fingerprint density at radius 2 is 1.61 bits per heavy atom. The molecule has 0 bridgehead atoms. The van der Waals surface area contributed by atoms with E-state index in [9.17, 15) is 0 Å². The summed E-state index contributed by atoms with van der Waals surface area (Å²) in [5.74, 6) is 2.40. The third-order valence-corrected chi connectivity index (χ3v) is 5.16. The van der Waals surface area contributed by atoms with Crippen LogP contribution in [0.4, 0.5) is 5.82 Å². The highest BCUT2D eigenvalue weighted by Crippen LogP contribution is 2.34. The van der Waals surface area contributed by atoms with Crippen LogP contribution in [0.15, 0.2) is 24.3 Å². The zero-order valence-corrected chi connectivity index (χ0v) is 18.1. The smallest absolute Gasteiger partial charge is 0.158 e. The van der Waals surface area contributed by atoms with Gasteiger partial charge in [0.25, 0.3) is 0 Å². The van der Waals surface area contributed by atoms with Crippen LogP contribution < -0.4 is 10.1 Å². The van der Waals surface area contributed by atoms with Crippen molar-refractivity contribution in [3.8, 4) is 11.4 Å². The van der Waals surface area contributed by atoms with Crippen LogP contribution in [0.1, 0.15) is 51.2 Å². The Kier molecular flexibility index (Phi) is 5.92. The molecule has 0 spiro atoms. The first-order valence-electron chi connectivity index (χ1n) is 10.2. The molecule has 0 saturated heterocycles. The summed E-state index contributed by atoms with van der Waals surface area (Å²) in [6.07, 6.45) is 1.09. The molecule has 0 aliphatic heterocycles. The van der Waals surface area contributed by atoms with E-state index in [1.165, 1.54) is 16.8 Å². The molecule has 5 nitrogen and oxygen atoms in total. The third-order valence-electron chi connectivity index (χ3n) is 5.16. The summed E-state index contributed by atoms with van der Waals surface area (Å²) in [6, 6.07) is 8.60. The molecule has 1 unspecified atom stereocenters. The molecule has 1 N–H and O–H groups in total. The molecule has 150 valence electrons. The Bertz CT molecular complexity index is 957. The van der Waals surface area contributed by atoms with Crippen molar-refractivity contribution in [2.45, 2.75) is 60.9 Å². The van der Waals surface area contributed by atoms with Crippen LogP contribution in [0.25, 0.3) is 16.5 Å². The lowest BCUT2D eigenvalue weighted by atomic mass is 10.0. The van der Waals surface area contributed by atoms with E-state index in [2.05, 4.69) is 66.8 Å². The molecular weight excluding hydrogens is 348 g/mol. The molecule has 2 heterocycles. The molecule has 3 aromatic rings. The Morgan fingerprint density at radius 1 is 0.964 bits per heavy atom. The molecular formula is C23H32N4O. The van der Waals surface area contributed by atoms with E-state index >= 15 is 0 Å². The highest BCUT2D eigenvalue weighted by atomic mass is 16.5. The number of fused-ring (bicyclic) bond motifs is 1. The fourth-order valence-electron chi connectivity index (χ4n) is 4.14. The van der Waals surface area contributed by atoms with Crippen LogP contribution >= 0.6 is 0 Å². The summed E-state index contributed by atoms with van der Waals surface area (Å²) in [5, 5.41) is 14.9. The topological polar surface area (TPSA) is 52.0 Å². The van der Waals surface area contributed by atoms with Gasteiger partial charge < -0.3 is 14.6 Å². The molecule has 1 aromatic carbocycles. The van der Waals surface area contributed by atoms with Crippen molar-refractivity contribution < 1.29 is 4.74 Å². The van der Waals surface area contributed by atoms with Gasteiger partial charge in [0.15, 0.2) is 5.82 Å². The van der Waals surface area contributed by atoms with Crippen molar-refractivity contribution >= 4 is 16.6 Å². The minimum atomic E-state index is 0.341. The molecule has 0 fully saturated rings. The number of hydrogen-bond acceptors (Lipinski definition) is 4. The maximum Gasteiger partial charge on any atom is 0.158 e. The fourth-order valence-corrected chi connectivity index (χ4v) is 4.14. The minimum absolute atomic E-state index is 0.341. The van der Waals surface area contributed by atoms with Gasteiger partial charge in [-0.1, -0.05) is 13.8 Å². The Balaban J connectivity index is 2.10. The van der Waals surface area contributed by atoms with Gasteiger partial charge in [0, 0.05) is 33.9 Å². The van der Waals surface area contributed by atoms with Gasteiger partial charge in [0.05, 0.1) is 12.3 Å². The standard InChI is InChI=1S/C23H32N4O/c1-8-28-20-11-9-19(10-12-20)27-17(6)21-16(5)25-26-23(22(21)18(27)7)24-15(4)13-14(2)3/h9-12,14-15H,8,13H2,1-7H3,(H,24,26). The SMILES string of the molecule is CCOc1ccc(-n2c(C)c3c(C)nnc(NC(C)CC(C)C)c3c2C)cc1. The second-order valence-corrected chi connectivity index (χ2v) is 7.99. The number of hydrogen-bond donors (Lipinski definition) is 1. The zero-order valence-electron chi connectivity index (χ0n) is 18.1.